The second-order valence-corrected chi connectivity index (χ2v) is 6.89. The van der Waals surface area contributed by atoms with E-state index in [1.54, 1.807) is 16.8 Å². The van der Waals surface area contributed by atoms with Gasteiger partial charge in [0.25, 0.3) is 0 Å². The fourth-order valence-electron chi connectivity index (χ4n) is 2.23. The van der Waals surface area contributed by atoms with Gasteiger partial charge in [-0.1, -0.05) is 12.2 Å². The van der Waals surface area contributed by atoms with Crippen molar-refractivity contribution in [1.29, 1.82) is 0 Å². The van der Waals surface area contributed by atoms with Crippen LogP contribution in [0.2, 0.25) is 0 Å². The Kier molecular flexibility index (Phi) is 4.13. The number of rotatable bonds is 4. The van der Waals surface area contributed by atoms with E-state index in [4.69, 9.17) is 0 Å². The van der Waals surface area contributed by atoms with Crippen molar-refractivity contribution in [3.63, 3.8) is 0 Å². The van der Waals surface area contributed by atoms with E-state index in [-0.39, 0.29) is 17.5 Å². The zero-order valence-corrected chi connectivity index (χ0v) is 12.1. The Labute approximate surface area is 114 Å². The highest BCUT2D eigenvalue weighted by Crippen LogP contribution is 2.23. The highest BCUT2D eigenvalue weighted by molar-refractivity contribution is 7.89. The predicted octanol–water partition coefficient (Wildman–Crippen LogP) is 1.51. The summed E-state index contributed by atoms with van der Waals surface area (Å²) in [5, 5.41) is 9.32. The van der Waals surface area contributed by atoms with Gasteiger partial charge in [0.15, 0.2) is 0 Å². The van der Waals surface area contributed by atoms with E-state index in [0.717, 1.165) is 6.42 Å². The van der Waals surface area contributed by atoms with Gasteiger partial charge in [-0.25, -0.2) is 8.42 Å². The van der Waals surface area contributed by atoms with Crippen molar-refractivity contribution in [2.45, 2.75) is 37.8 Å². The maximum absolute atomic E-state index is 12.5. The molecule has 2 heterocycles. The van der Waals surface area contributed by atoms with Crippen molar-refractivity contribution in [1.82, 2.24) is 8.87 Å². The van der Waals surface area contributed by atoms with Gasteiger partial charge in [-0.2, -0.15) is 4.31 Å². The lowest BCUT2D eigenvalue weighted by Crippen LogP contribution is -2.33. The highest BCUT2D eigenvalue weighted by atomic mass is 32.2. The van der Waals surface area contributed by atoms with Crippen molar-refractivity contribution in [3.8, 4) is 0 Å². The van der Waals surface area contributed by atoms with Gasteiger partial charge in [0, 0.05) is 31.0 Å². The summed E-state index contributed by atoms with van der Waals surface area (Å²) in [7, 11) is -3.46. The fourth-order valence-corrected chi connectivity index (χ4v) is 3.69. The van der Waals surface area contributed by atoms with Crippen molar-refractivity contribution in [2.75, 3.05) is 13.1 Å². The molecule has 0 bridgehead atoms. The second-order valence-electron chi connectivity index (χ2n) is 4.95. The van der Waals surface area contributed by atoms with Crippen LogP contribution in [0.4, 0.5) is 0 Å². The van der Waals surface area contributed by atoms with Gasteiger partial charge in [0.1, 0.15) is 4.90 Å². The van der Waals surface area contributed by atoms with Crippen LogP contribution in [0.1, 0.15) is 32.0 Å². The molecular weight excluding hydrogens is 264 g/mol. The van der Waals surface area contributed by atoms with Crippen LogP contribution in [0.25, 0.3) is 0 Å². The smallest absolute Gasteiger partial charge is 0.244 e. The Bertz CT molecular complexity index is 573. The quantitative estimate of drug-likeness (QED) is 0.853. The lowest BCUT2D eigenvalue weighted by atomic mass is 10.3. The summed E-state index contributed by atoms with van der Waals surface area (Å²) in [4.78, 5) is 0.264. The Morgan fingerprint density at radius 3 is 2.58 bits per heavy atom. The van der Waals surface area contributed by atoms with Crippen LogP contribution in [0.3, 0.4) is 0 Å². The summed E-state index contributed by atoms with van der Waals surface area (Å²) in [5.74, 6) is 0. The molecular formula is C13H20N2O3S. The van der Waals surface area contributed by atoms with Crippen LogP contribution in [-0.4, -0.2) is 35.5 Å². The van der Waals surface area contributed by atoms with Gasteiger partial charge < -0.3 is 9.67 Å². The predicted molar refractivity (Wildman–Crippen MR) is 73.3 cm³/mol. The van der Waals surface area contributed by atoms with Crippen molar-refractivity contribution in [2.24, 2.45) is 0 Å². The maximum Gasteiger partial charge on any atom is 0.244 e. The van der Waals surface area contributed by atoms with Crippen LogP contribution >= 0.6 is 0 Å². The van der Waals surface area contributed by atoms with Crippen molar-refractivity contribution >= 4 is 10.0 Å². The molecule has 1 aromatic heterocycles. The van der Waals surface area contributed by atoms with E-state index < -0.39 is 10.0 Å². The molecule has 5 nitrogen and oxygen atoms in total. The lowest BCUT2D eigenvalue weighted by Gasteiger charge is -2.22. The minimum Gasteiger partial charge on any atom is -0.390 e. The number of hydrogen-bond acceptors (Lipinski definition) is 3. The first-order valence-electron chi connectivity index (χ1n) is 6.43. The van der Waals surface area contributed by atoms with E-state index in [2.05, 4.69) is 0 Å². The molecule has 0 atom stereocenters. The molecule has 0 amide bonds. The average molecular weight is 284 g/mol. The van der Waals surface area contributed by atoms with Crippen LogP contribution in [0.15, 0.2) is 29.3 Å². The average Bonchev–Trinajstić information content (AvgIpc) is 2.84. The SMILES string of the molecule is CC(C)n1cc(S(=O)(=O)N2CC=CCC2)cc1CO. The molecule has 1 aliphatic heterocycles. The summed E-state index contributed by atoms with van der Waals surface area (Å²) in [6.07, 6.45) is 6.22. The third kappa shape index (κ3) is 2.75. The zero-order chi connectivity index (χ0) is 14.0. The Morgan fingerprint density at radius 1 is 1.37 bits per heavy atom. The van der Waals surface area contributed by atoms with E-state index in [1.165, 1.54) is 4.31 Å². The number of sulfonamides is 1. The van der Waals surface area contributed by atoms with Gasteiger partial charge in [-0.3, -0.25) is 0 Å². The first-order valence-corrected chi connectivity index (χ1v) is 7.87. The molecule has 0 unspecified atom stereocenters. The number of aromatic nitrogens is 1. The largest absolute Gasteiger partial charge is 0.390 e. The lowest BCUT2D eigenvalue weighted by molar-refractivity contribution is 0.268. The Hall–Kier alpha value is -1.11. The van der Waals surface area contributed by atoms with E-state index in [1.807, 2.05) is 26.0 Å². The molecule has 0 spiro atoms. The van der Waals surface area contributed by atoms with Crippen LogP contribution in [0, 0.1) is 0 Å². The number of aliphatic hydroxyl groups excluding tert-OH is 1. The van der Waals surface area contributed by atoms with E-state index >= 15 is 0 Å². The summed E-state index contributed by atoms with van der Waals surface area (Å²) >= 11 is 0. The Morgan fingerprint density at radius 2 is 2.11 bits per heavy atom. The first-order chi connectivity index (χ1) is 8.96. The van der Waals surface area contributed by atoms with Crippen LogP contribution < -0.4 is 0 Å². The van der Waals surface area contributed by atoms with E-state index in [0.29, 0.717) is 18.8 Å². The topological polar surface area (TPSA) is 62.5 Å². The normalized spacial score (nSPS) is 17.3. The summed E-state index contributed by atoms with van der Waals surface area (Å²) in [6, 6.07) is 1.68. The first kappa shape index (κ1) is 14.3. The molecule has 1 N–H and O–H groups in total. The van der Waals surface area contributed by atoms with Gasteiger partial charge in [0.2, 0.25) is 10.0 Å². The molecule has 106 valence electrons. The van der Waals surface area contributed by atoms with Crippen molar-refractivity contribution in [3.05, 3.63) is 30.1 Å². The fraction of sp³-hybridized carbons (Fsp3) is 0.538. The number of hydrogen-bond donors (Lipinski definition) is 1. The molecule has 6 heteroatoms. The molecule has 2 rings (SSSR count). The summed E-state index contributed by atoms with van der Waals surface area (Å²) in [5.41, 5.74) is 0.626. The van der Waals surface area contributed by atoms with Gasteiger partial charge in [-0.15, -0.1) is 0 Å². The van der Waals surface area contributed by atoms with Crippen LogP contribution in [0.5, 0.6) is 0 Å². The molecule has 0 saturated carbocycles. The maximum atomic E-state index is 12.5. The monoisotopic (exact) mass is 284 g/mol. The van der Waals surface area contributed by atoms with Crippen LogP contribution in [-0.2, 0) is 16.6 Å². The minimum absolute atomic E-state index is 0.118. The standard InChI is InChI=1S/C13H20N2O3S/c1-11(2)15-9-13(8-12(15)10-16)19(17,18)14-6-4-3-5-7-14/h3-4,8-9,11,16H,5-7,10H2,1-2H3. The molecule has 0 radical (unpaired) electrons. The number of nitrogens with zero attached hydrogens (tertiary/aromatic N) is 2. The molecule has 19 heavy (non-hydrogen) atoms. The van der Waals surface area contributed by atoms with Gasteiger partial charge in [-0.05, 0) is 26.3 Å². The molecule has 1 aliphatic rings. The van der Waals surface area contributed by atoms with Crippen molar-refractivity contribution < 1.29 is 13.5 Å². The molecule has 0 fully saturated rings. The highest BCUT2D eigenvalue weighted by Gasteiger charge is 2.26. The summed E-state index contributed by atoms with van der Waals surface area (Å²) < 4.78 is 28.2. The van der Waals surface area contributed by atoms with E-state index in [9.17, 15) is 13.5 Å². The zero-order valence-electron chi connectivity index (χ0n) is 11.3. The third-order valence-electron chi connectivity index (χ3n) is 3.28. The number of aliphatic hydroxyl groups is 1. The molecule has 0 aromatic carbocycles. The molecule has 1 aromatic rings. The molecule has 0 aliphatic carbocycles. The third-order valence-corrected chi connectivity index (χ3v) is 5.11. The van der Waals surface area contributed by atoms with Gasteiger partial charge >= 0.3 is 0 Å². The minimum atomic E-state index is -3.46. The Balaban J connectivity index is 2.38. The second kappa shape index (κ2) is 5.48. The molecule has 0 saturated heterocycles. The summed E-state index contributed by atoms with van der Waals surface area (Å²) in [6.45, 7) is 4.69. The van der Waals surface area contributed by atoms with Gasteiger partial charge in [0.05, 0.1) is 6.61 Å².